The van der Waals surface area contributed by atoms with Crippen molar-refractivity contribution in [3.8, 4) is 11.1 Å². The molecule has 0 saturated carbocycles. The van der Waals surface area contributed by atoms with Gasteiger partial charge in [-0.3, -0.25) is 4.68 Å². The van der Waals surface area contributed by atoms with Crippen molar-refractivity contribution in [2.75, 3.05) is 0 Å². The summed E-state index contributed by atoms with van der Waals surface area (Å²) >= 11 is 0. The van der Waals surface area contributed by atoms with Crippen molar-refractivity contribution < 1.29 is 18.3 Å². The predicted octanol–water partition coefficient (Wildman–Crippen LogP) is 4.02. The van der Waals surface area contributed by atoms with Gasteiger partial charge in [-0.2, -0.15) is 10.2 Å². The Morgan fingerprint density at radius 3 is 2.55 bits per heavy atom. The standard InChI is InChI=1S/C22H20F3N5O/c1-14-19(16-4-3-5-17(23)8-16)10-30(28-14)15(2)22(31,11-29-13-26-12-27-29)20-7-6-18(24)9-21(20)25/h3-10,12-13,15,31H,11H2,1-2H3/t15-,22-/m1/s1. The summed E-state index contributed by atoms with van der Waals surface area (Å²) in [5, 5.41) is 20.2. The Kier molecular flexibility index (Phi) is 5.36. The third-order valence-electron chi connectivity index (χ3n) is 5.41. The smallest absolute Gasteiger partial charge is 0.137 e. The van der Waals surface area contributed by atoms with Gasteiger partial charge in [0, 0.05) is 23.4 Å². The first kappa shape index (κ1) is 20.8. The van der Waals surface area contributed by atoms with E-state index in [1.165, 1.54) is 40.2 Å². The molecule has 9 heteroatoms. The molecule has 0 aliphatic carbocycles. The van der Waals surface area contributed by atoms with Crippen LogP contribution in [0, 0.1) is 24.4 Å². The van der Waals surface area contributed by atoms with Gasteiger partial charge < -0.3 is 5.11 Å². The second-order valence-electron chi connectivity index (χ2n) is 7.44. The van der Waals surface area contributed by atoms with E-state index in [4.69, 9.17) is 0 Å². The van der Waals surface area contributed by atoms with E-state index in [9.17, 15) is 18.3 Å². The molecule has 0 unspecified atom stereocenters. The molecule has 0 aliphatic rings. The molecule has 160 valence electrons. The van der Waals surface area contributed by atoms with Crippen molar-refractivity contribution in [1.82, 2.24) is 24.5 Å². The van der Waals surface area contributed by atoms with Crippen LogP contribution in [0.3, 0.4) is 0 Å². The van der Waals surface area contributed by atoms with Gasteiger partial charge in [0.05, 0.1) is 18.3 Å². The van der Waals surface area contributed by atoms with Crippen molar-refractivity contribution in [1.29, 1.82) is 0 Å². The molecule has 1 N–H and O–H groups in total. The highest BCUT2D eigenvalue weighted by molar-refractivity contribution is 5.65. The third-order valence-corrected chi connectivity index (χ3v) is 5.41. The van der Waals surface area contributed by atoms with Gasteiger partial charge in [-0.25, -0.2) is 22.8 Å². The van der Waals surface area contributed by atoms with Gasteiger partial charge in [0.25, 0.3) is 0 Å². The molecule has 0 bridgehead atoms. The first-order chi connectivity index (χ1) is 14.8. The van der Waals surface area contributed by atoms with E-state index in [2.05, 4.69) is 15.2 Å². The summed E-state index contributed by atoms with van der Waals surface area (Å²) < 4.78 is 44.8. The van der Waals surface area contributed by atoms with E-state index < -0.39 is 23.3 Å². The van der Waals surface area contributed by atoms with E-state index in [1.54, 1.807) is 32.2 Å². The van der Waals surface area contributed by atoms with Crippen LogP contribution < -0.4 is 0 Å². The van der Waals surface area contributed by atoms with Crippen LogP contribution in [0.2, 0.25) is 0 Å². The van der Waals surface area contributed by atoms with Crippen molar-refractivity contribution in [3.05, 3.63) is 90.0 Å². The van der Waals surface area contributed by atoms with Gasteiger partial charge in [0.1, 0.15) is 35.7 Å². The van der Waals surface area contributed by atoms with Crippen LogP contribution in [0.4, 0.5) is 13.2 Å². The number of nitrogens with zero attached hydrogens (tertiary/aromatic N) is 5. The number of rotatable bonds is 6. The molecule has 6 nitrogen and oxygen atoms in total. The van der Waals surface area contributed by atoms with Crippen LogP contribution in [0.15, 0.2) is 61.3 Å². The van der Waals surface area contributed by atoms with Crippen LogP contribution in [0.5, 0.6) is 0 Å². The van der Waals surface area contributed by atoms with E-state index in [0.29, 0.717) is 16.8 Å². The maximum Gasteiger partial charge on any atom is 0.137 e. The molecule has 2 heterocycles. The fourth-order valence-electron chi connectivity index (χ4n) is 3.68. The highest BCUT2D eigenvalue weighted by Gasteiger charge is 2.41. The molecule has 0 radical (unpaired) electrons. The molecule has 0 fully saturated rings. The molecule has 2 aromatic heterocycles. The minimum Gasteiger partial charge on any atom is -0.381 e. The van der Waals surface area contributed by atoms with E-state index in [-0.39, 0.29) is 17.9 Å². The highest BCUT2D eigenvalue weighted by atomic mass is 19.1. The average molecular weight is 427 g/mol. The molecule has 0 saturated heterocycles. The maximum absolute atomic E-state index is 14.7. The Bertz CT molecular complexity index is 1210. The number of aromatic nitrogens is 5. The lowest BCUT2D eigenvalue weighted by Gasteiger charge is -2.34. The van der Waals surface area contributed by atoms with E-state index in [1.807, 2.05) is 0 Å². The Morgan fingerprint density at radius 2 is 1.87 bits per heavy atom. The van der Waals surface area contributed by atoms with Crippen LogP contribution >= 0.6 is 0 Å². The largest absolute Gasteiger partial charge is 0.381 e. The van der Waals surface area contributed by atoms with E-state index >= 15 is 0 Å². The number of aryl methyl sites for hydroxylation is 1. The third kappa shape index (κ3) is 3.96. The summed E-state index contributed by atoms with van der Waals surface area (Å²) in [6.45, 7) is 3.28. The van der Waals surface area contributed by atoms with Crippen molar-refractivity contribution >= 4 is 0 Å². The lowest BCUT2D eigenvalue weighted by Crippen LogP contribution is -2.40. The molecule has 4 aromatic rings. The summed E-state index contributed by atoms with van der Waals surface area (Å²) in [5.74, 6) is -2.02. The minimum absolute atomic E-state index is 0.0997. The summed E-state index contributed by atoms with van der Waals surface area (Å²) in [5.41, 5.74) is -0.0290. The second kappa shape index (κ2) is 7.99. The van der Waals surface area contributed by atoms with Crippen LogP contribution in [0.25, 0.3) is 11.1 Å². The molecule has 4 rings (SSSR count). The molecule has 2 atom stereocenters. The number of benzene rings is 2. The predicted molar refractivity (Wildman–Crippen MR) is 107 cm³/mol. The van der Waals surface area contributed by atoms with Gasteiger partial charge in [-0.15, -0.1) is 0 Å². The molecule has 0 amide bonds. The van der Waals surface area contributed by atoms with Gasteiger partial charge in [0.15, 0.2) is 0 Å². The fourth-order valence-corrected chi connectivity index (χ4v) is 3.68. The topological polar surface area (TPSA) is 68.8 Å². The average Bonchev–Trinajstić information content (AvgIpc) is 3.36. The number of halogens is 3. The normalized spacial score (nSPS) is 14.4. The quantitative estimate of drug-likeness (QED) is 0.505. The fraction of sp³-hybridized carbons (Fsp3) is 0.227. The van der Waals surface area contributed by atoms with Crippen LogP contribution in [-0.2, 0) is 12.1 Å². The summed E-state index contributed by atoms with van der Waals surface area (Å²) in [6, 6.07) is 8.31. The Labute approximate surface area is 176 Å². The van der Waals surface area contributed by atoms with Gasteiger partial charge in [-0.05, 0) is 37.6 Å². The molecule has 2 aromatic carbocycles. The zero-order valence-corrected chi connectivity index (χ0v) is 16.9. The minimum atomic E-state index is -1.84. The summed E-state index contributed by atoms with van der Waals surface area (Å²) in [6.07, 6.45) is 4.36. The Balaban J connectivity index is 1.79. The van der Waals surface area contributed by atoms with Gasteiger partial charge in [-0.1, -0.05) is 18.2 Å². The van der Waals surface area contributed by atoms with Gasteiger partial charge >= 0.3 is 0 Å². The first-order valence-electron chi connectivity index (χ1n) is 9.60. The lowest BCUT2D eigenvalue weighted by atomic mass is 9.86. The van der Waals surface area contributed by atoms with Crippen molar-refractivity contribution in [2.45, 2.75) is 32.0 Å². The van der Waals surface area contributed by atoms with Gasteiger partial charge in [0.2, 0.25) is 0 Å². The molecule has 0 spiro atoms. The molecular formula is C22H20F3N5O. The Morgan fingerprint density at radius 1 is 1.10 bits per heavy atom. The zero-order chi connectivity index (χ0) is 22.2. The summed E-state index contributed by atoms with van der Waals surface area (Å²) in [7, 11) is 0. The SMILES string of the molecule is Cc1nn([C@H](C)[C@](O)(Cn2cncn2)c2ccc(F)cc2F)cc1-c1cccc(F)c1. The second-order valence-corrected chi connectivity index (χ2v) is 7.44. The Hall–Kier alpha value is -3.46. The number of aliphatic hydroxyl groups is 1. The maximum atomic E-state index is 14.7. The first-order valence-corrected chi connectivity index (χ1v) is 9.60. The monoisotopic (exact) mass is 427 g/mol. The van der Waals surface area contributed by atoms with E-state index in [0.717, 1.165) is 12.1 Å². The molecular weight excluding hydrogens is 407 g/mol. The van der Waals surface area contributed by atoms with Crippen molar-refractivity contribution in [2.24, 2.45) is 0 Å². The molecule has 31 heavy (non-hydrogen) atoms. The number of hydrogen-bond acceptors (Lipinski definition) is 4. The molecule has 0 aliphatic heterocycles. The lowest BCUT2D eigenvalue weighted by molar-refractivity contribution is -0.0369. The van der Waals surface area contributed by atoms with Crippen LogP contribution in [0.1, 0.15) is 24.2 Å². The van der Waals surface area contributed by atoms with Crippen molar-refractivity contribution in [3.63, 3.8) is 0 Å². The zero-order valence-electron chi connectivity index (χ0n) is 16.9. The highest BCUT2D eigenvalue weighted by Crippen LogP contribution is 2.37. The number of hydrogen-bond donors (Lipinski definition) is 1. The van der Waals surface area contributed by atoms with Crippen LogP contribution in [-0.4, -0.2) is 29.7 Å². The summed E-state index contributed by atoms with van der Waals surface area (Å²) in [4.78, 5) is 3.86.